The third-order valence-corrected chi connectivity index (χ3v) is 4.79. The molecule has 0 aliphatic rings. The van der Waals surface area contributed by atoms with Crippen molar-refractivity contribution in [1.29, 1.82) is 0 Å². The molecule has 0 saturated carbocycles. The first kappa shape index (κ1) is 24.1. The molecule has 0 saturated heterocycles. The van der Waals surface area contributed by atoms with Crippen LogP contribution < -0.4 is 9.47 Å². The van der Waals surface area contributed by atoms with Crippen molar-refractivity contribution >= 4 is 5.97 Å². The summed E-state index contributed by atoms with van der Waals surface area (Å²) in [6.45, 7) is 16.5. The van der Waals surface area contributed by atoms with Gasteiger partial charge in [0, 0.05) is 11.0 Å². The van der Waals surface area contributed by atoms with Crippen LogP contribution in [0, 0.1) is 0 Å². The second-order valence-corrected chi connectivity index (χ2v) is 7.84. The van der Waals surface area contributed by atoms with Crippen molar-refractivity contribution in [3.05, 3.63) is 84.1 Å². The van der Waals surface area contributed by atoms with Gasteiger partial charge in [-0.15, -0.1) is 0 Å². The lowest BCUT2D eigenvalue weighted by Crippen LogP contribution is -2.19. The maximum Gasteiger partial charge on any atom is 0.333 e. The van der Waals surface area contributed by atoms with Gasteiger partial charge in [-0.1, -0.05) is 51.3 Å². The molecule has 2 aromatic rings. The summed E-state index contributed by atoms with van der Waals surface area (Å²) in [5.74, 6) is 1.81. The van der Waals surface area contributed by atoms with Crippen molar-refractivity contribution in [2.45, 2.75) is 33.1 Å². The van der Waals surface area contributed by atoms with Crippen molar-refractivity contribution < 1.29 is 23.7 Å². The fourth-order valence-electron chi connectivity index (χ4n) is 2.89. The number of hydrogen-bond acceptors (Lipinski definition) is 5. The predicted octanol–water partition coefficient (Wildman–Crippen LogP) is 5.44. The van der Waals surface area contributed by atoms with Gasteiger partial charge in [0.1, 0.15) is 37.9 Å². The van der Waals surface area contributed by atoms with Gasteiger partial charge in [0.05, 0.1) is 5.76 Å². The van der Waals surface area contributed by atoms with Gasteiger partial charge in [-0.05, 0) is 49.2 Å². The maximum absolute atomic E-state index is 11.4. The van der Waals surface area contributed by atoms with E-state index >= 15 is 0 Å². The van der Waals surface area contributed by atoms with E-state index in [4.69, 9.17) is 18.9 Å². The Kier molecular flexibility index (Phi) is 8.74. The zero-order chi connectivity index (χ0) is 22.9. The van der Waals surface area contributed by atoms with E-state index in [2.05, 4.69) is 51.3 Å². The SMILES string of the molecule is C=C(C)OCCOc1ccc(C(C)(C)c2ccc(OCCOC(=O)C(=C)C)cc2)cc1. The lowest BCUT2D eigenvalue weighted by atomic mass is 9.78. The molecule has 0 atom stereocenters. The molecule has 0 spiro atoms. The number of esters is 1. The second-order valence-electron chi connectivity index (χ2n) is 7.84. The topological polar surface area (TPSA) is 54.0 Å². The predicted molar refractivity (Wildman–Crippen MR) is 123 cm³/mol. The lowest BCUT2D eigenvalue weighted by molar-refractivity contribution is -0.139. The van der Waals surface area contributed by atoms with E-state index in [1.165, 1.54) is 5.56 Å². The molecule has 31 heavy (non-hydrogen) atoms. The van der Waals surface area contributed by atoms with Gasteiger partial charge in [-0.3, -0.25) is 0 Å². The van der Waals surface area contributed by atoms with Crippen LogP contribution in [0.25, 0.3) is 0 Å². The highest BCUT2D eigenvalue weighted by Crippen LogP contribution is 2.33. The van der Waals surface area contributed by atoms with Gasteiger partial charge in [-0.2, -0.15) is 0 Å². The van der Waals surface area contributed by atoms with E-state index in [1.807, 2.05) is 31.2 Å². The Balaban J connectivity index is 1.90. The number of allylic oxidation sites excluding steroid dienone is 1. The molecule has 0 bridgehead atoms. The Morgan fingerprint density at radius 1 is 0.742 bits per heavy atom. The summed E-state index contributed by atoms with van der Waals surface area (Å²) in [5.41, 5.74) is 2.54. The van der Waals surface area contributed by atoms with Crippen LogP contribution in [-0.2, 0) is 19.7 Å². The summed E-state index contributed by atoms with van der Waals surface area (Å²) in [4.78, 5) is 11.4. The van der Waals surface area contributed by atoms with Gasteiger partial charge in [-0.25, -0.2) is 4.79 Å². The minimum absolute atomic E-state index is 0.183. The molecule has 5 heteroatoms. The normalized spacial score (nSPS) is 10.8. The molecule has 5 nitrogen and oxygen atoms in total. The third-order valence-electron chi connectivity index (χ3n) is 4.79. The molecule has 0 N–H and O–H groups in total. The van der Waals surface area contributed by atoms with Crippen LogP contribution in [-0.4, -0.2) is 32.4 Å². The fourth-order valence-corrected chi connectivity index (χ4v) is 2.89. The minimum atomic E-state index is -0.405. The Labute approximate surface area is 185 Å². The van der Waals surface area contributed by atoms with E-state index < -0.39 is 5.97 Å². The molecule has 0 radical (unpaired) electrons. The van der Waals surface area contributed by atoms with Gasteiger partial charge < -0.3 is 18.9 Å². The molecule has 0 amide bonds. The smallest absolute Gasteiger partial charge is 0.333 e. The summed E-state index contributed by atoms with van der Waals surface area (Å²) in [6, 6.07) is 16.1. The highest BCUT2D eigenvalue weighted by molar-refractivity contribution is 5.86. The zero-order valence-electron chi connectivity index (χ0n) is 18.9. The maximum atomic E-state index is 11.4. The number of ether oxygens (including phenoxy) is 4. The van der Waals surface area contributed by atoms with Crippen LogP contribution in [0.5, 0.6) is 11.5 Å². The number of hydrogen-bond donors (Lipinski definition) is 0. The van der Waals surface area contributed by atoms with Crippen LogP contribution >= 0.6 is 0 Å². The third kappa shape index (κ3) is 7.52. The molecule has 0 aliphatic heterocycles. The number of carbonyl (C=O) groups is 1. The van der Waals surface area contributed by atoms with E-state index in [9.17, 15) is 4.79 Å². The first-order valence-electron chi connectivity index (χ1n) is 10.3. The first-order chi connectivity index (χ1) is 14.7. The molecular formula is C26H32O5. The Morgan fingerprint density at radius 3 is 1.55 bits per heavy atom. The Bertz CT molecular complexity index is 879. The van der Waals surface area contributed by atoms with Crippen LogP contribution in [0.4, 0.5) is 0 Å². The van der Waals surface area contributed by atoms with Crippen LogP contribution in [0.1, 0.15) is 38.8 Å². The van der Waals surface area contributed by atoms with Crippen molar-refractivity contribution in [3.8, 4) is 11.5 Å². The van der Waals surface area contributed by atoms with Gasteiger partial charge >= 0.3 is 5.97 Å². The van der Waals surface area contributed by atoms with Gasteiger partial charge in [0.25, 0.3) is 0 Å². The molecule has 0 aromatic heterocycles. The van der Waals surface area contributed by atoms with Crippen molar-refractivity contribution in [1.82, 2.24) is 0 Å². The average molecular weight is 425 g/mol. The molecule has 166 valence electrons. The summed E-state index contributed by atoms with van der Waals surface area (Å²) < 4.78 is 21.7. The first-order valence-corrected chi connectivity index (χ1v) is 10.3. The summed E-state index contributed by atoms with van der Waals surface area (Å²) in [5, 5.41) is 0. The Morgan fingerprint density at radius 2 is 1.16 bits per heavy atom. The number of rotatable bonds is 12. The van der Waals surface area contributed by atoms with Crippen molar-refractivity contribution in [2.75, 3.05) is 26.4 Å². The van der Waals surface area contributed by atoms with E-state index in [0.29, 0.717) is 31.2 Å². The summed E-state index contributed by atoms with van der Waals surface area (Å²) in [6.07, 6.45) is 0. The van der Waals surface area contributed by atoms with Crippen LogP contribution in [0.2, 0.25) is 0 Å². The second kappa shape index (κ2) is 11.3. The summed E-state index contributed by atoms with van der Waals surface area (Å²) >= 11 is 0. The van der Waals surface area contributed by atoms with Crippen molar-refractivity contribution in [2.24, 2.45) is 0 Å². The number of carbonyl (C=O) groups excluding carboxylic acids is 1. The quantitative estimate of drug-likeness (QED) is 0.197. The Hall–Kier alpha value is -3.21. The minimum Gasteiger partial charge on any atom is -0.495 e. The van der Waals surface area contributed by atoms with E-state index in [1.54, 1.807) is 6.92 Å². The molecular weight excluding hydrogens is 392 g/mol. The molecule has 0 heterocycles. The largest absolute Gasteiger partial charge is 0.495 e. The highest BCUT2D eigenvalue weighted by atomic mass is 16.6. The zero-order valence-corrected chi connectivity index (χ0v) is 18.9. The van der Waals surface area contributed by atoms with Gasteiger partial charge in [0.15, 0.2) is 0 Å². The fraction of sp³-hybridized carbons (Fsp3) is 0.346. The summed E-state index contributed by atoms with van der Waals surface area (Å²) in [7, 11) is 0. The molecule has 0 aliphatic carbocycles. The molecule has 0 unspecified atom stereocenters. The van der Waals surface area contributed by atoms with Gasteiger partial charge in [0.2, 0.25) is 0 Å². The highest BCUT2D eigenvalue weighted by Gasteiger charge is 2.23. The number of benzene rings is 2. The van der Waals surface area contributed by atoms with E-state index in [-0.39, 0.29) is 12.0 Å². The lowest BCUT2D eigenvalue weighted by Gasteiger charge is -2.26. The molecule has 2 rings (SSSR count). The molecule has 2 aromatic carbocycles. The van der Waals surface area contributed by atoms with Crippen molar-refractivity contribution in [3.63, 3.8) is 0 Å². The van der Waals surface area contributed by atoms with E-state index in [0.717, 1.165) is 17.1 Å². The van der Waals surface area contributed by atoms with Crippen LogP contribution in [0.15, 0.2) is 73.0 Å². The average Bonchev–Trinajstić information content (AvgIpc) is 2.74. The monoisotopic (exact) mass is 424 g/mol. The molecule has 0 fully saturated rings. The van der Waals surface area contributed by atoms with Crippen LogP contribution in [0.3, 0.4) is 0 Å². The standard InChI is InChI=1S/C26H32O5/c1-19(2)25(27)31-18-17-30-24-13-9-22(10-14-24)26(5,6)21-7-11-23(12-8-21)29-16-15-28-20(3)4/h7-14H,1,3,15-18H2,2,4-6H3.